The zero-order valence-electron chi connectivity index (χ0n) is 23.4. The number of amides is 1. The second-order valence-corrected chi connectivity index (χ2v) is 12.3. The fraction of sp³-hybridized carbons (Fsp3) is 0.379. The predicted molar refractivity (Wildman–Crippen MR) is 149 cm³/mol. The first-order valence-corrected chi connectivity index (χ1v) is 15.2. The molecule has 1 fully saturated rings. The van der Waals surface area contributed by atoms with Gasteiger partial charge >= 0.3 is 12.8 Å². The molecule has 1 aromatic heterocycles. The molecule has 238 valence electrons. The zero-order valence-corrected chi connectivity index (χ0v) is 24.2. The van der Waals surface area contributed by atoms with Crippen LogP contribution in [0.25, 0.3) is 0 Å². The molecule has 2 heterocycles. The van der Waals surface area contributed by atoms with Crippen molar-refractivity contribution in [3.63, 3.8) is 0 Å². The summed E-state index contributed by atoms with van der Waals surface area (Å²) in [6.45, 7) is -2.16. The summed E-state index contributed by atoms with van der Waals surface area (Å²) in [5.74, 6) is -0.136. The van der Waals surface area contributed by atoms with Crippen molar-refractivity contribution in [1.29, 1.82) is 0 Å². The zero-order chi connectivity index (χ0) is 32.1. The fourth-order valence-electron chi connectivity index (χ4n) is 4.74. The van der Waals surface area contributed by atoms with Crippen LogP contribution in [0.5, 0.6) is 5.75 Å². The Balaban J connectivity index is 1.44. The number of rotatable bonds is 12. The van der Waals surface area contributed by atoms with Gasteiger partial charge in [0.2, 0.25) is 0 Å². The van der Waals surface area contributed by atoms with E-state index in [1.807, 2.05) is 0 Å². The summed E-state index contributed by atoms with van der Waals surface area (Å²) in [5, 5.41) is 12.5. The Morgan fingerprint density at radius 1 is 1.09 bits per heavy atom. The molecule has 3 atom stereocenters. The number of halogens is 5. The van der Waals surface area contributed by atoms with Crippen molar-refractivity contribution in [3.8, 4) is 5.75 Å². The van der Waals surface area contributed by atoms with Gasteiger partial charge < -0.3 is 24.8 Å². The number of ether oxygens (including phenoxy) is 2. The van der Waals surface area contributed by atoms with Crippen LogP contribution >= 0.6 is 0 Å². The molecule has 0 bridgehead atoms. The second kappa shape index (κ2) is 13.9. The molecule has 1 saturated heterocycles. The van der Waals surface area contributed by atoms with Crippen LogP contribution in [0.4, 0.5) is 27.8 Å². The third-order valence-electron chi connectivity index (χ3n) is 7.09. The highest BCUT2D eigenvalue weighted by molar-refractivity contribution is 7.91. The summed E-state index contributed by atoms with van der Waals surface area (Å²) < 4.78 is 98.7. The summed E-state index contributed by atoms with van der Waals surface area (Å²) in [6.07, 6.45) is -3.59. The lowest BCUT2D eigenvalue weighted by Gasteiger charge is -2.25. The Morgan fingerprint density at radius 2 is 1.77 bits per heavy atom. The van der Waals surface area contributed by atoms with E-state index in [0.29, 0.717) is 11.4 Å². The van der Waals surface area contributed by atoms with Crippen LogP contribution in [-0.2, 0) is 20.8 Å². The SMILES string of the molecule is CCS(=O)(=O)c1ccc([C@H](CO)NC(=O)c2ccc(N3C[C@H](Oc4ccc(C(F)(F)F)cc4)C[C@H]3COC(F)F)nc2)cc1. The number of benzene rings is 2. The Labute approximate surface area is 250 Å². The van der Waals surface area contributed by atoms with Crippen molar-refractivity contribution in [3.05, 3.63) is 83.6 Å². The number of alkyl halides is 5. The highest BCUT2D eigenvalue weighted by Gasteiger charge is 2.36. The predicted octanol–water partition coefficient (Wildman–Crippen LogP) is 4.62. The third-order valence-corrected chi connectivity index (χ3v) is 8.84. The topological polar surface area (TPSA) is 118 Å². The van der Waals surface area contributed by atoms with Crippen molar-refractivity contribution in [2.75, 3.05) is 30.4 Å². The highest BCUT2D eigenvalue weighted by Crippen LogP contribution is 2.32. The van der Waals surface area contributed by atoms with Gasteiger partial charge in [-0.05, 0) is 54.1 Å². The van der Waals surface area contributed by atoms with Gasteiger partial charge in [0, 0.05) is 12.6 Å². The molecule has 15 heteroatoms. The van der Waals surface area contributed by atoms with Crippen LogP contribution in [0.3, 0.4) is 0 Å². The number of sulfone groups is 1. The average Bonchev–Trinajstić information content (AvgIpc) is 3.41. The van der Waals surface area contributed by atoms with Gasteiger partial charge in [0.25, 0.3) is 5.91 Å². The number of hydrogen-bond donors (Lipinski definition) is 2. The van der Waals surface area contributed by atoms with Crippen LogP contribution in [-0.4, -0.2) is 68.7 Å². The van der Waals surface area contributed by atoms with Gasteiger partial charge in [0.1, 0.15) is 17.7 Å². The Morgan fingerprint density at radius 3 is 2.32 bits per heavy atom. The smallest absolute Gasteiger partial charge is 0.416 e. The first-order valence-electron chi connectivity index (χ1n) is 13.5. The maximum absolute atomic E-state index is 12.9. The third kappa shape index (κ3) is 8.21. The van der Waals surface area contributed by atoms with Crippen molar-refractivity contribution in [1.82, 2.24) is 10.3 Å². The molecule has 0 spiro atoms. The molecular weight excluding hydrogens is 613 g/mol. The minimum Gasteiger partial charge on any atom is -0.489 e. The molecule has 1 aliphatic heterocycles. The molecule has 0 saturated carbocycles. The monoisotopic (exact) mass is 643 g/mol. The van der Waals surface area contributed by atoms with Gasteiger partial charge in [-0.2, -0.15) is 22.0 Å². The summed E-state index contributed by atoms with van der Waals surface area (Å²) in [7, 11) is -3.41. The number of nitrogens with one attached hydrogen (secondary N) is 1. The number of carbonyl (C=O) groups excluding carboxylic acids is 1. The van der Waals surface area contributed by atoms with Crippen molar-refractivity contribution >= 4 is 21.6 Å². The molecule has 4 rings (SSSR count). The Hall–Kier alpha value is -3.82. The number of hydrogen-bond acceptors (Lipinski definition) is 8. The highest BCUT2D eigenvalue weighted by atomic mass is 32.2. The standard InChI is InChI=1S/C29H30F5N3O6S/c1-2-44(40,41)24-10-3-18(4-11-24)25(16-38)36-27(39)19-5-12-26(35-14-19)37-15-23(13-21(37)17-42-28(30)31)43-22-8-6-20(7-9-22)29(32,33)34/h3-12,14,21,23,25,28,38H,2,13,15-17H2,1H3,(H,36,39)/t21-,23+,25-/m0/s1. The molecule has 1 amide bonds. The minimum atomic E-state index is -4.50. The normalized spacial score (nSPS) is 18.0. The average molecular weight is 644 g/mol. The van der Waals surface area contributed by atoms with E-state index in [2.05, 4.69) is 15.0 Å². The number of aliphatic hydroxyl groups is 1. The largest absolute Gasteiger partial charge is 0.489 e. The number of aromatic nitrogens is 1. The quantitative estimate of drug-likeness (QED) is 0.275. The Kier molecular flexibility index (Phi) is 10.4. The molecule has 9 nitrogen and oxygen atoms in total. The Bertz CT molecular complexity index is 1500. The van der Waals surface area contributed by atoms with Gasteiger partial charge in [-0.3, -0.25) is 4.79 Å². The number of aliphatic hydroxyl groups excluding tert-OH is 1. The van der Waals surface area contributed by atoms with Gasteiger partial charge in [0.15, 0.2) is 9.84 Å². The van der Waals surface area contributed by atoms with E-state index in [1.54, 1.807) is 4.90 Å². The summed E-state index contributed by atoms with van der Waals surface area (Å²) >= 11 is 0. The summed E-state index contributed by atoms with van der Waals surface area (Å²) in [6, 6.07) is 11.5. The van der Waals surface area contributed by atoms with Crippen LogP contribution in [0, 0.1) is 0 Å². The molecule has 2 N–H and O–H groups in total. The molecule has 44 heavy (non-hydrogen) atoms. The second-order valence-electron chi connectivity index (χ2n) is 9.98. The van der Waals surface area contributed by atoms with E-state index in [9.17, 15) is 40.3 Å². The lowest BCUT2D eigenvalue weighted by atomic mass is 10.1. The molecule has 1 aliphatic rings. The van der Waals surface area contributed by atoms with Gasteiger partial charge in [-0.25, -0.2) is 13.4 Å². The van der Waals surface area contributed by atoms with E-state index in [0.717, 1.165) is 12.1 Å². The maximum atomic E-state index is 12.9. The lowest BCUT2D eigenvalue weighted by Crippen LogP contribution is -2.35. The maximum Gasteiger partial charge on any atom is 0.416 e. The number of anilines is 1. The van der Waals surface area contributed by atoms with Gasteiger partial charge in [-0.15, -0.1) is 0 Å². The van der Waals surface area contributed by atoms with Crippen molar-refractivity contribution in [2.45, 2.75) is 49.2 Å². The fourth-order valence-corrected chi connectivity index (χ4v) is 5.62. The van der Waals surface area contributed by atoms with Crippen LogP contribution in [0.1, 0.15) is 40.9 Å². The lowest BCUT2D eigenvalue weighted by molar-refractivity contribution is -0.137. The van der Waals surface area contributed by atoms with Gasteiger partial charge in [-0.1, -0.05) is 19.1 Å². The number of nitrogens with zero attached hydrogens (tertiary/aromatic N) is 2. The number of carbonyl (C=O) groups is 1. The van der Waals surface area contributed by atoms with E-state index < -0.39 is 58.9 Å². The summed E-state index contributed by atoms with van der Waals surface area (Å²) in [5.41, 5.74) is -0.215. The van der Waals surface area contributed by atoms with Crippen LogP contribution in [0.15, 0.2) is 71.8 Å². The van der Waals surface area contributed by atoms with Gasteiger partial charge in [0.05, 0.1) is 53.6 Å². The molecule has 2 aromatic carbocycles. The first-order chi connectivity index (χ1) is 20.8. The van der Waals surface area contributed by atoms with E-state index in [4.69, 9.17) is 4.74 Å². The molecular formula is C29H30F5N3O6S. The molecule has 0 unspecified atom stereocenters. The van der Waals surface area contributed by atoms with E-state index >= 15 is 0 Å². The van der Waals surface area contributed by atoms with Crippen molar-refractivity contribution in [2.24, 2.45) is 0 Å². The van der Waals surface area contributed by atoms with Crippen molar-refractivity contribution < 1.29 is 49.7 Å². The molecule has 0 radical (unpaired) electrons. The molecule has 0 aliphatic carbocycles. The first kappa shape index (κ1) is 33.1. The molecule has 3 aromatic rings. The number of pyridine rings is 1. The minimum absolute atomic E-state index is 0.0697. The summed E-state index contributed by atoms with van der Waals surface area (Å²) in [4.78, 5) is 19.0. The van der Waals surface area contributed by atoms with Crippen LogP contribution < -0.4 is 15.0 Å². The van der Waals surface area contributed by atoms with E-state index in [1.165, 1.54) is 61.7 Å². The van der Waals surface area contributed by atoms with Crippen LogP contribution in [0.2, 0.25) is 0 Å². The van der Waals surface area contributed by atoms with E-state index in [-0.39, 0.29) is 41.5 Å².